The third kappa shape index (κ3) is 7.84. The summed E-state index contributed by atoms with van der Waals surface area (Å²) in [6, 6.07) is 2.12. The summed E-state index contributed by atoms with van der Waals surface area (Å²) in [5, 5.41) is 8.20. The molecule has 0 saturated heterocycles. The Hall–Kier alpha value is -0.160. The number of rotatable bonds is 6. The van der Waals surface area contributed by atoms with Crippen molar-refractivity contribution < 1.29 is 0 Å². The smallest absolute Gasteiger partial charge is 0.0808 e. The van der Waals surface area contributed by atoms with Gasteiger partial charge in [-0.2, -0.15) is 5.26 Å². The summed E-state index contributed by atoms with van der Waals surface area (Å²) in [5.74, 6) is 1.82. The van der Waals surface area contributed by atoms with Crippen molar-refractivity contribution in [2.24, 2.45) is 0 Å². The molecule has 2 heteroatoms. The zero-order valence-electron chi connectivity index (χ0n) is 6.60. The van der Waals surface area contributed by atoms with Crippen molar-refractivity contribution in [3.05, 3.63) is 0 Å². The van der Waals surface area contributed by atoms with E-state index >= 15 is 0 Å². The molecular formula is C8H15NS. The van der Waals surface area contributed by atoms with Crippen LogP contribution in [0.15, 0.2) is 0 Å². The Morgan fingerprint density at radius 3 is 2.70 bits per heavy atom. The molecule has 0 aromatic heterocycles. The topological polar surface area (TPSA) is 23.8 Å². The molecule has 0 atom stereocenters. The maximum absolute atomic E-state index is 8.20. The van der Waals surface area contributed by atoms with E-state index in [9.17, 15) is 0 Å². The number of thioether (sulfide) groups is 1. The summed E-state index contributed by atoms with van der Waals surface area (Å²) in [4.78, 5) is 0. The molecule has 1 nitrogen and oxygen atoms in total. The van der Waals surface area contributed by atoms with Crippen LogP contribution in [0.25, 0.3) is 0 Å². The van der Waals surface area contributed by atoms with Crippen LogP contribution in [0.1, 0.15) is 32.6 Å². The molecule has 0 aromatic carbocycles. The molecule has 0 aliphatic heterocycles. The van der Waals surface area contributed by atoms with Gasteiger partial charge < -0.3 is 0 Å². The van der Waals surface area contributed by atoms with Crippen molar-refractivity contribution in [2.75, 3.05) is 11.5 Å². The Morgan fingerprint density at radius 1 is 1.30 bits per heavy atom. The highest BCUT2D eigenvalue weighted by molar-refractivity contribution is 7.99. The predicted molar refractivity (Wildman–Crippen MR) is 47.1 cm³/mol. The Morgan fingerprint density at radius 2 is 2.10 bits per heavy atom. The molecule has 10 heavy (non-hydrogen) atoms. The standard InChI is InChI=1S/C8H15NS/c1-2-3-4-5-7-10-8-6-9/h2-5,7-8H2,1H3. The summed E-state index contributed by atoms with van der Waals surface area (Å²) < 4.78 is 0. The van der Waals surface area contributed by atoms with E-state index in [1.54, 1.807) is 11.8 Å². The Bertz CT molecular complexity index is 95.9. The molecular weight excluding hydrogens is 142 g/mol. The molecule has 0 radical (unpaired) electrons. The first-order valence-corrected chi connectivity index (χ1v) is 5.02. The lowest BCUT2D eigenvalue weighted by Crippen LogP contribution is -1.81. The van der Waals surface area contributed by atoms with Crippen molar-refractivity contribution >= 4 is 11.8 Å². The van der Waals surface area contributed by atoms with E-state index in [2.05, 4.69) is 13.0 Å². The fraction of sp³-hybridized carbons (Fsp3) is 0.875. The Kier molecular flexibility index (Phi) is 8.70. The van der Waals surface area contributed by atoms with Crippen LogP contribution in [-0.4, -0.2) is 11.5 Å². The molecule has 0 rings (SSSR count). The van der Waals surface area contributed by atoms with Crippen LogP contribution in [0.4, 0.5) is 0 Å². The lowest BCUT2D eigenvalue weighted by molar-refractivity contribution is 0.706. The van der Waals surface area contributed by atoms with Gasteiger partial charge in [0.1, 0.15) is 0 Å². The van der Waals surface area contributed by atoms with E-state index < -0.39 is 0 Å². The van der Waals surface area contributed by atoms with Crippen LogP contribution < -0.4 is 0 Å². The highest BCUT2D eigenvalue weighted by Crippen LogP contribution is 2.06. The SMILES string of the molecule is CCCCCCSCC#N. The van der Waals surface area contributed by atoms with Crippen LogP contribution in [-0.2, 0) is 0 Å². The van der Waals surface area contributed by atoms with Crippen molar-refractivity contribution in [1.29, 1.82) is 5.26 Å². The fourth-order valence-corrected chi connectivity index (χ4v) is 1.39. The van der Waals surface area contributed by atoms with Gasteiger partial charge in [-0.3, -0.25) is 0 Å². The third-order valence-corrected chi connectivity index (χ3v) is 2.22. The van der Waals surface area contributed by atoms with E-state index in [4.69, 9.17) is 5.26 Å². The van der Waals surface area contributed by atoms with Gasteiger partial charge in [-0.15, -0.1) is 11.8 Å². The molecule has 0 unspecified atom stereocenters. The molecule has 0 fully saturated rings. The minimum absolute atomic E-state index is 0.659. The zero-order valence-corrected chi connectivity index (χ0v) is 7.41. The highest BCUT2D eigenvalue weighted by atomic mass is 32.2. The second-order valence-corrected chi connectivity index (χ2v) is 3.38. The first-order chi connectivity index (χ1) is 4.91. The van der Waals surface area contributed by atoms with Crippen molar-refractivity contribution in [1.82, 2.24) is 0 Å². The molecule has 0 heterocycles. The molecule has 58 valence electrons. The molecule has 0 aliphatic rings. The molecule has 0 aromatic rings. The second-order valence-electron chi connectivity index (χ2n) is 2.27. The lowest BCUT2D eigenvalue weighted by Gasteiger charge is -1.95. The fourth-order valence-electron chi connectivity index (χ4n) is 0.749. The van der Waals surface area contributed by atoms with Crippen molar-refractivity contribution in [3.8, 4) is 6.07 Å². The molecule has 0 spiro atoms. The summed E-state index contributed by atoms with van der Waals surface area (Å²) in [7, 11) is 0. The van der Waals surface area contributed by atoms with Gasteiger partial charge in [0, 0.05) is 0 Å². The van der Waals surface area contributed by atoms with E-state index in [0.717, 1.165) is 5.75 Å². The van der Waals surface area contributed by atoms with Crippen molar-refractivity contribution in [3.63, 3.8) is 0 Å². The largest absolute Gasteiger partial charge is 0.197 e. The van der Waals surface area contributed by atoms with Gasteiger partial charge in [0.15, 0.2) is 0 Å². The predicted octanol–water partition coefficient (Wildman–Crippen LogP) is 2.82. The van der Waals surface area contributed by atoms with Gasteiger partial charge in [0.05, 0.1) is 11.8 Å². The van der Waals surface area contributed by atoms with Crippen LogP contribution in [0.5, 0.6) is 0 Å². The van der Waals surface area contributed by atoms with Crippen molar-refractivity contribution in [2.45, 2.75) is 32.6 Å². The maximum Gasteiger partial charge on any atom is 0.0808 e. The normalized spacial score (nSPS) is 9.20. The molecule has 0 amide bonds. The molecule has 0 N–H and O–H groups in total. The average Bonchev–Trinajstić information content (AvgIpc) is 1.97. The molecule has 0 bridgehead atoms. The Labute approximate surface area is 67.8 Å². The van der Waals surface area contributed by atoms with E-state index in [1.807, 2.05) is 0 Å². The minimum atomic E-state index is 0.659. The van der Waals surface area contributed by atoms with Gasteiger partial charge >= 0.3 is 0 Å². The number of hydrogen-bond acceptors (Lipinski definition) is 2. The lowest BCUT2D eigenvalue weighted by atomic mass is 10.2. The van der Waals surface area contributed by atoms with Gasteiger partial charge in [-0.1, -0.05) is 26.2 Å². The molecule has 0 aliphatic carbocycles. The van der Waals surface area contributed by atoms with Gasteiger partial charge in [0.25, 0.3) is 0 Å². The summed E-state index contributed by atoms with van der Waals surface area (Å²) in [6.07, 6.45) is 5.24. The number of nitrogens with zero attached hydrogens (tertiary/aromatic N) is 1. The van der Waals surface area contributed by atoms with E-state index in [0.29, 0.717) is 5.75 Å². The first-order valence-electron chi connectivity index (χ1n) is 3.86. The van der Waals surface area contributed by atoms with Crippen LogP contribution in [0, 0.1) is 11.3 Å². The summed E-state index contributed by atoms with van der Waals surface area (Å²) >= 11 is 1.74. The summed E-state index contributed by atoms with van der Waals surface area (Å²) in [5.41, 5.74) is 0. The monoisotopic (exact) mass is 157 g/mol. The minimum Gasteiger partial charge on any atom is -0.197 e. The molecule has 0 saturated carbocycles. The van der Waals surface area contributed by atoms with E-state index in [1.165, 1.54) is 25.7 Å². The Balaban J connectivity index is 2.72. The maximum atomic E-state index is 8.20. The van der Waals surface area contributed by atoms with Gasteiger partial charge in [0.2, 0.25) is 0 Å². The summed E-state index contributed by atoms with van der Waals surface area (Å²) in [6.45, 7) is 2.21. The van der Waals surface area contributed by atoms with Gasteiger partial charge in [-0.25, -0.2) is 0 Å². The second kappa shape index (κ2) is 8.84. The average molecular weight is 157 g/mol. The quantitative estimate of drug-likeness (QED) is 0.553. The van der Waals surface area contributed by atoms with Crippen LogP contribution in [0.3, 0.4) is 0 Å². The van der Waals surface area contributed by atoms with Gasteiger partial charge in [-0.05, 0) is 12.2 Å². The number of nitriles is 1. The van der Waals surface area contributed by atoms with E-state index in [-0.39, 0.29) is 0 Å². The third-order valence-electron chi connectivity index (χ3n) is 1.31. The highest BCUT2D eigenvalue weighted by Gasteiger charge is 1.87. The van der Waals surface area contributed by atoms with Crippen LogP contribution >= 0.6 is 11.8 Å². The number of hydrogen-bond donors (Lipinski definition) is 0. The number of unbranched alkanes of at least 4 members (excludes halogenated alkanes) is 3. The van der Waals surface area contributed by atoms with Crippen LogP contribution in [0.2, 0.25) is 0 Å². The first kappa shape index (κ1) is 9.84. The zero-order chi connectivity index (χ0) is 7.66.